The molecule has 88 valence electrons. The number of hydrogen-bond donors (Lipinski definition) is 1. The monoisotopic (exact) mass is 228 g/mol. The normalized spacial score (nSPS) is 14.6. The summed E-state index contributed by atoms with van der Waals surface area (Å²) in [4.78, 5) is 8.06. The van der Waals surface area contributed by atoms with Crippen LogP contribution in [0.5, 0.6) is 5.75 Å². The number of benzene rings is 1. The molecule has 3 nitrogen and oxygen atoms in total. The highest BCUT2D eigenvalue weighted by molar-refractivity contribution is 6.06. The predicted octanol–water partition coefficient (Wildman–Crippen LogP) is 2.93. The highest BCUT2D eigenvalue weighted by Gasteiger charge is 2.18. The molecule has 0 aliphatic carbocycles. The first-order valence-corrected chi connectivity index (χ1v) is 6.05. The molecule has 3 heteroatoms. The smallest absolute Gasteiger partial charge is 0.119 e. The lowest BCUT2D eigenvalue weighted by molar-refractivity contribution is 0.415. The molecule has 0 unspecified atom stereocenters. The lowest BCUT2D eigenvalue weighted by Crippen LogP contribution is -2.11. The Labute approximate surface area is 101 Å². The standard InChI is InChI=1S/C14H16N2O/c1-3-12-14-10(6-7-15-12)11-8-9(17-2)4-5-13(11)16-14/h4-5,8,16H,3,6-7H2,1-2H3. The van der Waals surface area contributed by atoms with Gasteiger partial charge in [0.05, 0.1) is 18.5 Å². The number of rotatable bonds is 2. The molecule has 3 rings (SSSR count). The SMILES string of the molecule is CCC1=NCCc2c1[nH]c1ccc(OC)cc21. The average Bonchev–Trinajstić information content (AvgIpc) is 2.76. The van der Waals surface area contributed by atoms with E-state index in [-0.39, 0.29) is 0 Å². The number of aromatic nitrogens is 1. The number of aromatic amines is 1. The summed E-state index contributed by atoms with van der Waals surface area (Å²) in [7, 11) is 1.71. The van der Waals surface area contributed by atoms with Crippen LogP contribution in [0.3, 0.4) is 0 Å². The minimum Gasteiger partial charge on any atom is -0.497 e. The number of methoxy groups -OCH3 is 1. The van der Waals surface area contributed by atoms with Crippen molar-refractivity contribution in [3.05, 3.63) is 29.5 Å². The van der Waals surface area contributed by atoms with E-state index in [1.165, 1.54) is 27.9 Å². The summed E-state index contributed by atoms with van der Waals surface area (Å²) in [6.45, 7) is 3.06. The lowest BCUT2D eigenvalue weighted by atomic mass is 10.0. The van der Waals surface area contributed by atoms with Gasteiger partial charge >= 0.3 is 0 Å². The van der Waals surface area contributed by atoms with Crippen molar-refractivity contribution < 1.29 is 4.74 Å². The van der Waals surface area contributed by atoms with Crippen molar-refractivity contribution in [1.82, 2.24) is 4.98 Å². The Morgan fingerprint density at radius 2 is 2.29 bits per heavy atom. The number of H-pyrrole nitrogens is 1. The molecular weight excluding hydrogens is 212 g/mol. The summed E-state index contributed by atoms with van der Waals surface area (Å²) in [6.07, 6.45) is 2.00. The van der Waals surface area contributed by atoms with Crippen molar-refractivity contribution in [2.45, 2.75) is 19.8 Å². The van der Waals surface area contributed by atoms with Gasteiger partial charge in [0.25, 0.3) is 0 Å². The lowest BCUT2D eigenvalue weighted by Gasteiger charge is -2.11. The molecule has 0 radical (unpaired) electrons. The van der Waals surface area contributed by atoms with E-state index in [1.54, 1.807) is 7.11 Å². The van der Waals surface area contributed by atoms with Crippen molar-refractivity contribution in [2.24, 2.45) is 4.99 Å². The molecule has 0 bridgehead atoms. The van der Waals surface area contributed by atoms with Crippen LogP contribution < -0.4 is 4.74 Å². The fourth-order valence-corrected chi connectivity index (χ4v) is 2.53. The Morgan fingerprint density at radius 3 is 3.06 bits per heavy atom. The Bertz CT molecular complexity index is 596. The van der Waals surface area contributed by atoms with Gasteiger partial charge in [0, 0.05) is 17.4 Å². The van der Waals surface area contributed by atoms with Gasteiger partial charge in [-0.25, -0.2) is 0 Å². The number of nitrogens with zero attached hydrogens (tertiary/aromatic N) is 1. The van der Waals surface area contributed by atoms with Crippen molar-refractivity contribution in [1.29, 1.82) is 0 Å². The maximum Gasteiger partial charge on any atom is 0.119 e. The summed E-state index contributed by atoms with van der Waals surface area (Å²) in [5.41, 5.74) is 4.99. The average molecular weight is 228 g/mol. The van der Waals surface area contributed by atoms with Crippen molar-refractivity contribution in [2.75, 3.05) is 13.7 Å². The Hall–Kier alpha value is -1.77. The molecule has 2 aromatic rings. The van der Waals surface area contributed by atoms with Gasteiger partial charge in [-0.15, -0.1) is 0 Å². The first kappa shape index (κ1) is 10.4. The Morgan fingerprint density at radius 1 is 1.41 bits per heavy atom. The van der Waals surface area contributed by atoms with Crippen LogP contribution in [-0.2, 0) is 6.42 Å². The number of hydrogen-bond acceptors (Lipinski definition) is 2. The molecule has 1 aromatic carbocycles. The van der Waals surface area contributed by atoms with Crippen LogP contribution in [0.1, 0.15) is 24.6 Å². The molecule has 0 saturated heterocycles. The second kappa shape index (κ2) is 3.91. The molecule has 0 atom stereocenters. The molecular formula is C14H16N2O. The van der Waals surface area contributed by atoms with Gasteiger partial charge in [-0.1, -0.05) is 6.92 Å². The molecule has 2 heterocycles. The first-order valence-electron chi connectivity index (χ1n) is 6.05. The zero-order chi connectivity index (χ0) is 11.8. The third-order valence-electron chi connectivity index (χ3n) is 3.40. The second-order valence-corrected chi connectivity index (χ2v) is 4.32. The fraction of sp³-hybridized carbons (Fsp3) is 0.357. The quantitative estimate of drug-likeness (QED) is 0.843. The fourth-order valence-electron chi connectivity index (χ4n) is 2.53. The molecule has 0 saturated carbocycles. The second-order valence-electron chi connectivity index (χ2n) is 4.32. The van der Waals surface area contributed by atoms with E-state index in [0.29, 0.717) is 0 Å². The van der Waals surface area contributed by atoms with Gasteiger partial charge in [0.2, 0.25) is 0 Å². The van der Waals surface area contributed by atoms with Crippen molar-refractivity contribution in [3.8, 4) is 5.75 Å². The van der Waals surface area contributed by atoms with Gasteiger partial charge in [-0.2, -0.15) is 0 Å². The van der Waals surface area contributed by atoms with Gasteiger partial charge in [0.15, 0.2) is 0 Å². The van der Waals surface area contributed by atoms with Crippen LogP contribution in [0.15, 0.2) is 23.2 Å². The van der Waals surface area contributed by atoms with E-state index in [1.807, 2.05) is 6.07 Å². The summed E-state index contributed by atoms with van der Waals surface area (Å²) < 4.78 is 5.29. The van der Waals surface area contributed by atoms with E-state index in [9.17, 15) is 0 Å². The van der Waals surface area contributed by atoms with Gasteiger partial charge < -0.3 is 9.72 Å². The van der Waals surface area contributed by atoms with Gasteiger partial charge in [-0.3, -0.25) is 4.99 Å². The summed E-state index contributed by atoms with van der Waals surface area (Å²) in [6, 6.07) is 6.19. The molecule has 1 aliphatic rings. The van der Waals surface area contributed by atoms with Crippen LogP contribution in [0.4, 0.5) is 0 Å². The van der Waals surface area contributed by atoms with Crippen LogP contribution in [-0.4, -0.2) is 24.4 Å². The number of aliphatic imine (C=N–C) groups is 1. The van der Waals surface area contributed by atoms with E-state index in [4.69, 9.17) is 4.74 Å². The maximum atomic E-state index is 5.29. The van der Waals surface area contributed by atoms with E-state index in [0.717, 1.165) is 25.1 Å². The highest BCUT2D eigenvalue weighted by atomic mass is 16.5. The van der Waals surface area contributed by atoms with E-state index in [2.05, 4.69) is 29.0 Å². The summed E-state index contributed by atoms with van der Waals surface area (Å²) >= 11 is 0. The van der Waals surface area contributed by atoms with Gasteiger partial charge in [0.1, 0.15) is 5.75 Å². The number of nitrogens with one attached hydrogen (secondary N) is 1. The molecule has 1 N–H and O–H groups in total. The van der Waals surface area contributed by atoms with E-state index >= 15 is 0 Å². The van der Waals surface area contributed by atoms with Gasteiger partial charge in [-0.05, 0) is 36.6 Å². The zero-order valence-corrected chi connectivity index (χ0v) is 10.2. The maximum absolute atomic E-state index is 5.29. The van der Waals surface area contributed by atoms with Crippen LogP contribution in [0.2, 0.25) is 0 Å². The number of ether oxygens (including phenoxy) is 1. The summed E-state index contributed by atoms with van der Waals surface area (Å²) in [5.74, 6) is 0.917. The third kappa shape index (κ3) is 1.54. The molecule has 17 heavy (non-hydrogen) atoms. The molecule has 0 amide bonds. The minimum absolute atomic E-state index is 0.903. The molecule has 1 aromatic heterocycles. The van der Waals surface area contributed by atoms with Crippen molar-refractivity contribution in [3.63, 3.8) is 0 Å². The molecule has 0 spiro atoms. The largest absolute Gasteiger partial charge is 0.497 e. The molecule has 1 aliphatic heterocycles. The third-order valence-corrected chi connectivity index (χ3v) is 3.40. The Kier molecular flexibility index (Phi) is 2.39. The first-order chi connectivity index (χ1) is 8.33. The van der Waals surface area contributed by atoms with Crippen molar-refractivity contribution >= 4 is 16.6 Å². The highest BCUT2D eigenvalue weighted by Crippen LogP contribution is 2.29. The van der Waals surface area contributed by atoms with Crippen LogP contribution in [0.25, 0.3) is 10.9 Å². The van der Waals surface area contributed by atoms with Crippen LogP contribution in [0, 0.1) is 0 Å². The predicted molar refractivity (Wildman–Crippen MR) is 70.2 cm³/mol. The van der Waals surface area contributed by atoms with Crippen LogP contribution >= 0.6 is 0 Å². The number of fused-ring (bicyclic) bond motifs is 3. The minimum atomic E-state index is 0.903. The zero-order valence-electron chi connectivity index (χ0n) is 10.2. The molecule has 0 fully saturated rings. The van der Waals surface area contributed by atoms with E-state index < -0.39 is 0 Å². The Balaban J connectivity index is 2.25. The summed E-state index contributed by atoms with van der Waals surface area (Å²) in [5, 5.41) is 1.28. The topological polar surface area (TPSA) is 37.4 Å².